The minimum absolute atomic E-state index is 0.147. The lowest BCUT2D eigenvalue weighted by Crippen LogP contribution is -2.40. The van der Waals surface area contributed by atoms with Gasteiger partial charge in [-0.2, -0.15) is 0 Å². The normalized spacial score (nSPS) is 15.2. The van der Waals surface area contributed by atoms with Crippen LogP contribution in [0.1, 0.15) is 154 Å². The molecule has 2 aromatic heterocycles. The molecule has 1 atom stereocenters. The van der Waals surface area contributed by atoms with E-state index in [9.17, 15) is 9.60 Å². The Morgan fingerprint density at radius 2 is 1.18 bits per heavy atom. The zero-order valence-corrected chi connectivity index (χ0v) is 44.5. The van der Waals surface area contributed by atoms with Gasteiger partial charge in [-0.15, -0.1) is 0 Å². The van der Waals surface area contributed by atoms with Gasteiger partial charge >= 0.3 is 0 Å². The van der Waals surface area contributed by atoms with E-state index in [0.29, 0.717) is 53.8 Å². The number of rotatable bonds is 13. The van der Waals surface area contributed by atoms with Crippen molar-refractivity contribution >= 4 is 11.7 Å². The van der Waals surface area contributed by atoms with Gasteiger partial charge in [0.05, 0.1) is 42.6 Å². The third-order valence-corrected chi connectivity index (χ3v) is 10.6. The maximum atomic E-state index is 13.0. The molecule has 2 saturated heterocycles. The highest BCUT2D eigenvalue weighted by Crippen LogP contribution is 2.22. The Balaban J connectivity index is 0.000000413. The predicted molar refractivity (Wildman–Crippen MR) is 271 cm³/mol. The van der Waals surface area contributed by atoms with Gasteiger partial charge in [-0.25, -0.2) is 14.4 Å². The monoisotopic (exact) mass is 924 g/mol. The van der Waals surface area contributed by atoms with Crippen LogP contribution in [0.4, 0.5) is 4.39 Å². The fraction of sp³-hybridized carbons (Fsp3) is 0.673. The van der Waals surface area contributed by atoms with Crippen LogP contribution in [0, 0.1) is 16.6 Å². The molecule has 0 bridgehead atoms. The van der Waals surface area contributed by atoms with E-state index in [1.54, 1.807) is 18.5 Å². The molecule has 0 radical (unpaired) electrons. The maximum absolute atomic E-state index is 13.0. The number of hydrogen-bond donors (Lipinski definition) is 3. The second-order valence-corrected chi connectivity index (χ2v) is 19.8. The highest BCUT2D eigenvalue weighted by molar-refractivity contribution is 5.76. The molecular formula is C52H92FN10O3+. The van der Waals surface area contributed by atoms with Crippen molar-refractivity contribution in [1.29, 1.82) is 10.8 Å². The zero-order chi connectivity index (χ0) is 50.3. The summed E-state index contributed by atoms with van der Waals surface area (Å²) >= 11 is 0. The summed E-state index contributed by atoms with van der Waals surface area (Å²) in [5.41, 5.74) is 5.91. The summed E-state index contributed by atoms with van der Waals surface area (Å²) in [5.74, 6) is 3.51. The van der Waals surface area contributed by atoms with Gasteiger partial charge in [0.1, 0.15) is 11.6 Å². The van der Waals surface area contributed by atoms with Crippen molar-refractivity contribution in [3.05, 3.63) is 88.5 Å². The summed E-state index contributed by atoms with van der Waals surface area (Å²) in [6.45, 7) is 31.1. The SMILES string of the molecule is CC(=N)N1CCC(OC(C)C)C1.CC(=N)N1CCC(OC(C)C)CC1.CC(C)c1cc[n+](O)cc1CN(C)C.CC(C)c1ccc(F)cc1CN(C)C.CC(C)c1ccnc(CN(C)C)n1. The molecule has 2 aliphatic heterocycles. The third-order valence-electron chi connectivity index (χ3n) is 10.6. The highest BCUT2D eigenvalue weighted by atomic mass is 19.1. The number of pyridine rings is 1. The zero-order valence-electron chi connectivity index (χ0n) is 44.5. The smallest absolute Gasteiger partial charge is 0.227 e. The summed E-state index contributed by atoms with van der Waals surface area (Å²) in [5, 5.41) is 24.2. The minimum Gasteiger partial charge on any atom is -0.375 e. The van der Waals surface area contributed by atoms with Crippen LogP contribution < -0.4 is 4.73 Å². The number of piperidine rings is 1. The number of likely N-dealkylation sites (tertiary alicyclic amines) is 2. The van der Waals surface area contributed by atoms with Crippen molar-refractivity contribution < 1.29 is 23.8 Å². The molecule has 3 N–H and O–H groups in total. The largest absolute Gasteiger partial charge is 0.375 e. The molecule has 14 heteroatoms. The Hall–Kier alpha value is -4.08. The van der Waals surface area contributed by atoms with Crippen LogP contribution in [0.25, 0.3) is 0 Å². The molecule has 0 amide bonds. The van der Waals surface area contributed by atoms with Crippen molar-refractivity contribution in [3.8, 4) is 0 Å². The number of nitrogens with one attached hydrogen (secondary N) is 2. The summed E-state index contributed by atoms with van der Waals surface area (Å²) in [6.07, 6.45) is 9.86. The molecule has 3 aromatic rings. The molecule has 66 heavy (non-hydrogen) atoms. The molecule has 374 valence electrons. The van der Waals surface area contributed by atoms with Crippen LogP contribution in [0.2, 0.25) is 0 Å². The Morgan fingerprint density at radius 1 is 0.697 bits per heavy atom. The van der Waals surface area contributed by atoms with E-state index in [2.05, 4.69) is 104 Å². The number of nitrogens with zero attached hydrogens (tertiary/aromatic N) is 8. The first kappa shape index (κ1) is 59.9. The lowest BCUT2D eigenvalue weighted by Gasteiger charge is -2.33. The molecule has 1 aromatic carbocycles. The molecule has 5 rings (SSSR count). The van der Waals surface area contributed by atoms with Crippen LogP contribution >= 0.6 is 0 Å². The predicted octanol–water partition coefficient (Wildman–Crippen LogP) is 9.42. The summed E-state index contributed by atoms with van der Waals surface area (Å²) in [7, 11) is 12.1. The maximum Gasteiger partial charge on any atom is 0.227 e. The van der Waals surface area contributed by atoms with Crippen LogP contribution in [-0.2, 0) is 29.1 Å². The van der Waals surface area contributed by atoms with Gasteiger partial charge in [0.25, 0.3) is 0 Å². The quantitative estimate of drug-likeness (QED) is 0.0660. The van der Waals surface area contributed by atoms with Gasteiger partial charge in [-0.1, -0.05) is 47.6 Å². The number of ether oxygens (including phenoxy) is 2. The topological polar surface area (TPSA) is 132 Å². The average molecular weight is 924 g/mol. The molecule has 13 nitrogen and oxygen atoms in total. The average Bonchev–Trinajstić information content (AvgIpc) is 3.66. The van der Waals surface area contributed by atoms with E-state index in [1.807, 2.05) is 80.5 Å². The Bertz CT molecular complexity index is 1760. The van der Waals surface area contributed by atoms with Crippen LogP contribution in [0.3, 0.4) is 0 Å². The van der Waals surface area contributed by atoms with Gasteiger partial charge in [-0.05, 0) is 156 Å². The Labute approximate surface area is 400 Å². The molecule has 2 aliphatic rings. The van der Waals surface area contributed by atoms with E-state index in [1.165, 1.54) is 22.8 Å². The first-order valence-corrected chi connectivity index (χ1v) is 24.0. The van der Waals surface area contributed by atoms with E-state index in [-0.39, 0.29) is 5.82 Å². The van der Waals surface area contributed by atoms with Crippen LogP contribution in [0.15, 0.2) is 48.9 Å². The second kappa shape index (κ2) is 31.1. The van der Waals surface area contributed by atoms with Crippen molar-refractivity contribution in [2.24, 2.45) is 0 Å². The second-order valence-electron chi connectivity index (χ2n) is 19.8. The standard InChI is InChI=1S/C12H18FN.C11H19N2O.C10H17N3.C10H20N2O.C9H18N2O/c1-9(2)12-6-5-11(13)7-10(12)8-14(3)4;1-9(2)11-5-6-13(14)8-10(11)7-12(3)4;1-8(2)9-5-6-11-10(12-9)7-13(3)4;1-8(2)13-10-4-6-12(7-5-10)9(3)11;1-7(2)12-9-4-5-11(6-9)8(3)10/h5-7,9H,8H2,1-4H3;5-6,8-9,14H,7H2,1-4H3;5-6,8H,7H2,1-4H3;8,10-11H,4-7H2,1-3H3;7,9-10H,4-6H2,1-3H3/q;+1;;;. The molecular weight excluding hydrogens is 832 g/mol. The number of halogens is 1. The molecule has 0 saturated carbocycles. The minimum atomic E-state index is -0.147. The van der Waals surface area contributed by atoms with E-state index >= 15 is 0 Å². The van der Waals surface area contributed by atoms with Crippen molar-refractivity contribution in [3.63, 3.8) is 0 Å². The summed E-state index contributed by atoms with van der Waals surface area (Å²) in [6, 6.07) is 9.01. The molecule has 2 fully saturated rings. The first-order chi connectivity index (χ1) is 30.8. The lowest BCUT2D eigenvalue weighted by molar-refractivity contribution is -0.905. The van der Waals surface area contributed by atoms with Crippen molar-refractivity contribution in [2.45, 2.75) is 164 Å². The third kappa shape index (κ3) is 25.2. The number of hydrogen-bond acceptors (Lipinski definition) is 10. The van der Waals surface area contributed by atoms with Gasteiger partial charge in [0, 0.05) is 67.5 Å². The molecule has 4 heterocycles. The number of amidine groups is 2. The van der Waals surface area contributed by atoms with E-state index in [0.717, 1.165) is 86.9 Å². The molecule has 0 aliphatic carbocycles. The van der Waals surface area contributed by atoms with Crippen LogP contribution in [0.5, 0.6) is 0 Å². The van der Waals surface area contributed by atoms with Crippen LogP contribution in [-0.4, -0.2) is 144 Å². The highest BCUT2D eigenvalue weighted by Gasteiger charge is 2.24. The molecule has 0 spiro atoms. The summed E-state index contributed by atoms with van der Waals surface area (Å²) < 4.78 is 25.5. The number of aromatic nitrogens is 3. The number of benzene rings is 1. The van der Waals surface area contributed by atoms with Gasteiger partial charge < -0.3 is 34.0 Å². The Kier molecular flexibility index (Phi) is 28.2. The van der Waals surface area contributed by atoms with Gasteiger partial charge in [0.2, 0.25) is 12.4 Å². The molecule has 1 unspecified atom stereocenters. The fourth-order valence-corrected chi connectivity index (χ4v) is 7.53. The Morgan fingerprint density at radius 3 is 1.65 bits per heavy atom. The van der Waals surface area contributed by atoms with Crippen molar-refractivity contribution in [2.75, 3.05) is 68.5 Å². The fourth-order valence-electron chi connectivity index (χ4n) is 7.53. The van der Waals surface area contributed by atoms with E-state index in [4.69, 9.17) is 20.3 Å². The lowest BCUT2D eigenvalue weighted by atomic mass is 9.97. The first-order valence-electron chi connectivity index (χ1n) is 24.0. The van der Waals surface area contributed by atoms with Gasteiger partial charge in [0.15, 0.2) is 0 Å². The summed E-state index contributed by atoms with van der Waals surface area (Å²) in [4.78, 5) is 19.1. The van der Waals surface area contributed by atoms with Gasteiger partial charge in [-0.3, -0.25) is 16.0 Å². The van der Waals surface area contributed by atoms with Crippen molar-refractivity contribution in [1.82, 2.24) is 34.5 Å². The van der Waals surface area contributed by atoms with E-state index < -0.39 is 0 Å².